The number of hydrogen-bond donors (Lipinski definition) is 1. The molecule has 0 unspecified atom stereocenters. The monoisotopic (exact) mass is 226 g/mol. The van der Waals surface area contributed by atoms with Gasteiger partial charge in [-0.3, -0.25) is 4.90 Å². The summed E-state index contributed by atoms with van der Waals surface area (Å²) < 4.78 is 36.4. The Morgan fingerprint density at radius 1 is 1.07 bits per heavy atom. The van der Waals surface area contributed by atoms with E-state index in [4.69, 9.17) is 5.73 Å². The summed E-state index contributed by atoms with van der Waals surface area (Å²) in [5.74, 6) is 0. The van der Waals surface area contributed by atoms with Crippen molar-refractivity contribution in [1.29, 1.82) is 0 Å². The Balaban J connectivity index is 3.73. The van der Waals surface area contributed by atoms with Gasteiger partial charge < -0.3 is 5.73 Å². The van der Waals surface area contributed by atoms with E-state index in [0.717, 1.165) is 25.7 Å². The van der Waals surface area contributed by atoms with Gasteiger partial charge in [0.25, 0.3) is 0 Å². The zero-order valence-corrected chi connectivity index (χ0v) is 9.32. The van der Waals surface area contributed by atoms with Crippen LogP contribution in [0.3, 0.4) is 0 Å². The van der Waals surface area contributed by atoms with E-state index in [0.29, 0.717) is 13.1 Å². The molecule has 0 saturated heterocycles. The predicted octanol–water partition coefficient (Wildman–Crippen LogP) is 2.39. The molecule has 0 aromatic carbocycles. The highest BCUT2D eigenvalue weighted by Crippen LogP contribution is 2.16. The minimum Gasteiger partial charge on any atom is -0.329 e. The molecule has 5 heteroatoms. The maximum Gasteiger partial charge on any atom is 0.401 e. The highest BCUT2D eigenvalue weighted by molar-refractivity contribution is 4.63. The van der Waals surface area contributed by atoms with Gasteiger partial charge in [-0.25, -0.2) is 0 Å². The summed E-state index contributed by atoms with van der Waals surface area (Å²) in [5, 5.41) is 0. The Hall–Kier alpha value is -0.290. The molecule has 2 nitrogen and oxygen atoms in total. The van der Waals surface area contributed by atoms with Crippen LogP contribution in [0.25, 0.3) is 0 Å². The second-order valence-electron chi connectivity index (χ2n) is 3.74. The van der Waals surface area contributed by atoms with Gasteiger partial charge in [-0.2, -0.15) is 13.2 Å². The highest BCUT2D eigenvalue weighted by atomic mass is 19.4. The first-order chi connectivity index (χ1) is 6.99. The van der Waals surface area contributed by atoms with Crippen LogP contribution in [-0.4, -0.2) is 37.3 Å². The molecule has 0 radical (unpaired) electrons. The first-order valence-corrected chi connectivity index (χ1v) is 5.48. The van der Waals surface area contributed by atoms with E-state index in [1.165, 1.54) is 4.90 Å². The molecule has 2 N–H and O–H groups in total. The van der Waals surface area contributed by atoms with Gasteiger partial charge in [0.15, 0.2) is 0 Å². The minimum atomic E-state index is -4.11. The fourth-order valence-corrected chi connectivity index (χ4v) is 1.47. The average molecular weight is 226 g/mol. The van der Waals surface area contributed by atoms with Gasteiger partial charge in [0.05, 0.1) is 6.54 Å². The Morgan fingerprint density at radius 3 is 2.20 bits per heavy atom. The van der Waals surface area contributed by atoms with E-state index in [1.54, 1.807) is 0 Å². The summed E-state index contributed by atoms with van der Waals surface area (Å²) in [6, 6.07) is 0. The van der Waals surface area contributed by atoms with Crippen LogP contribution < -0.4 is 5.73 Å². The molecule has 0 rings (SSSR count). The fourth-order valence-electron chi connectivity index (χ4n) is 1.47. The smallest absolute Gasteiger partial charge is 0.329 e. The largest absolute Gasteiger partial charge is 0.401 e. The van der Waals surface area contributed by atoms with Crippen LogP contribution in [0.1, 0.15) is 32.6 Å². The Morgan fingerprint density at radius 2 is 1.73 bits per heavy atom. The van der Waals surface area contributed by atoms with Gasteiger partial charge >= 0.3 is 6.18 Å². The molecule has 0 aliphatic rings. The quantitative estimate of drug-likeness (QED) is 0.644. The maximum atomic E-state index is 12.1. The van der Waals surface area contributed by atoms with Crippen LogP contribution in [0.5, 0.6) is 0 Å². The van der Waals surface area contributed by atoms with Gasteiger partial charge in [0, 0.05) is 13.1 Å². The van der Waals surface area contributed by atoms with E-state index in [2.05, 4.69) is 6.92 Å². The lowest BCUT2D eigenvalue weighted by Crippen LogP contribution is -2.38. The van der Waals surface area contributed by atoms with Crippen molar-refractivity contribution in [3.05, 3.63) is 0 Å². The zero-order valence-electron chi connectivity index (χ0n) is 9.32. The Bertz CT molecular complexity index is 148. The van der Waals surface area contributed by atoms with Crippen LogP contribution in [0.15, 0.2) is 0 Å². The van der Waals surface area contributed by atoms with Crippen molar-refractivity contribution in [3.63, 3.8) is 0 Å². The molecule has 0 amide bonds. The molecule has 0 bridgehead atoms. The average Bonchev–Trinajstić information content (AvgIpc) is 2.10. The molecule has 0 fully saturated rings. The van der Waals surface area contributed by atoms with E-state index in [-0.39, 0.29) is 6.54 Å². The van der Waals surface area contributed by atoms with Gasteiger partial charge in [-0.1, -0.05) is 26.2 Å². The van der Waals surface area contributed by atoms with E-state index >= 15 is 0 Å². The molecule has 0 heterocycles. The van der Waals surface area contributed by atoms with E-state index in [1.807, 2.05) is 0 Å². The van der Waals surface area contributed by atoms with Crippen LogP contribution >= 0.6 is 0 Å². The lowest BCUT2D eigenvalue weighted by molar-refractivity contribution is -0.145. The number of unbranched alkanes of at least 4 members (excludes halogenated alkanes) is 3. The molecule has 0 aromatic heterocycles. The second-order valence-corrected chi connectivity index (χ2v) is 3.74. The number of alkyl halides is 3. The van der Waals surface area contributed by atoms with Crippen molar-refractivity contribution in [2.45, 2.75) is 38.8 Å². The van der Waals surface area contributed by atoms with Gasteiger partial charge in [0.1, 0.15) is 0 Å². The summed E-state index contributed by atoms with van der Waals surface area (Å²) in [6.45, 7) is 2.34. The van der Waals surface area contributed by atoms with Crippen molar-refractivity contribution < 1.29 is 13.2 Å². The number of nitrogens with zero attached hydrogens (tertiary/aromatic N) is 1. The maximum absolute atomic E-state index is 12.1. The highest BCUT2D eigenvalue weighted by Gasteiger charge is 2.29. The summed E-state index contributed by atoms with van der Waals surface area (Å²) >= 11 is 0. The molecule has 92 valence electrons. The second kappa shape index (κ2) is 7.93. The molecule has 15 heavy (non-hydrogen) atoms. The summed E-state index contributed by atoms with van der Waals surface area (Å²) in [7, 11) is 0. The van der Waals surface area contributed by atoms with Crippen LogP contribution in [0, 0.1) is 0 Å². The predicted molar refractivity (Wildman–Crippen MR) is 55.7 cm³/mol. The SMILES string of the molecule is CCCCCCN(CCN)CC(F)(F)F. The number of hydrogen-bond acceptors (Lipinski definition) is 2. The van der Waals surface area contributed by atoms with Crippen LogP contribution in [0.2, 0.25) is 0 Å². The fraction of sp³-hybridized carbons (Fsp3) is 1.00. The molecule has 0 saturated carbocycles. The zero-order chi connectivity index (χ0) is 11.7. The van der Waals surface area contributed by atoms with Gasteiger partial charge in [-0.15, -0.1) is 0 Å². The van der Waals surface area contributed by atoms with Crippen LogP contribution in [-0.2, 0) is 0 Å². The lowest BCUT2D eigenvalue weighted by Gasteiger charge is -2.22. The third kappa shape index (κ3) is 10.0. The third-order valence-corrected chi connectivity index (χ3v) is 2.18. The first-order valence-electron chi connectivity index (χ1n) is 5.48. The first kappa shape index (κ1) is 14.7. The molecular formula is C10H21F3N2. The number of halogens is 3. The Kier molecular flexibility index (Phi) is 7.78. The van der Waals surface area contributed by atoms with Gasteiger partial charge in [-0.05, 0) is 13.0 Å². The van der Waals surface area contributed by atoms with E-state index < -0.39 is 12.7 Å². The van der Waals surface area contributed by atoms with Crippen LogP contribution in [0.4, 0.5) is 13.2 Å². The normalized spacial score (nSPS) is 12.4. The van der Waals surface area contributed by atoms with E-state index in [9.17, 15) is 13.2 Å². The molecule has 0 atom stereocenters. The molecule has 0 aromatic rings. The molecule has 0 aliphatic carbocycles. The summed E-state index contributed by atoms with van der Waals surface area (Å²) in [4.78, 5) is 1.38. The molecule has 0 aliphatic heterocycles. The molecular weight excluding hydrogens is 205 g/mol. The topological polar surface area (TPSA) is 29.3 Å². The van der Waals surface area contributed by atoms with Crippen molar-refractivity contribution >= 4 is 0 Å². The van der Waals surface area contributed by atoms with Crippen molar-refractivity contribution in [2.75, 3.05) is 26.2 Å². The number of nitrogens with two attached hydrogens (primary N) is 1. The summed E-state index contributed by atoms with van der Waals surface area (Å²) in [6.07, 6.45) is -0.113. The van der Waals surface area contributed by atoms with Crippen molar-refractivity contribution in [1.82, 2.24) is 4.90 Å². The third-order valence-electron chi connectivity index (χ3n) is 2.18. The van der Waals surface area contributed by atoms with Gasteiger partial charge in [0.2, 0.25) is 0 Å². The van der Waals surface area contributed by atoms with Crippen molar-refractivity contribution in [3.8, 4) is 0 Å². The van der Waals surface area contributed by atoms with Crippen molar-refractivity contribution in [2.24, 2.45) is 5.73 Å². The number of rotatable bonds is 8. The summed E-state index contributed by atoms with van der Waals surface area (Å²) in [5.41, 5.74) is 5.27. The minimum absolute atomic E-state index is 0.282. The standard InChI is InChI=1S/C10H21F3N2/c1-2-3-4-5-7-15(8-6-14)9-10(11,12)13/h2-9,14H2,1H3. The molecule has 0 spiro atoms. The lowest BCUT2D eigenvalue weighted by atomic mass is 10.2. The Labute approximate surface area is 89.6 Å².